The summed E-state index contributed by atoms with van der Waals surface area (Å²) in [5.41, 5.74) is 1.22. The summed E-state index contributed by atoms with van der Waals surface area (Å²) in [6, 6.07) is 12.8. The summed E-state index contributed by atoms with van der Waals surface area (Å²) in [6.45, 7) is 1.52. The molecule has 1 fully saturated rings. The van der Waals surface area contributed by atoms with Crippen LogP contribution in [0.25, 0.3) is 0 Å². The van der Waals surface area contributed by atoms with E-state index in [9.17, 15) is 13.2 Å². The van der Waals surface area contributed by atoms with E-state index in [1.807, 2.05) is 35.2 Å². The molecule has 1 aliphatic rings. The van der Waals surface area contributed by atoms with Crippen LogP contribution in [0.5, 0.6) is 0 Å². The molecule has 0 spiro atoms. The maximum atomic E-state index is 12.7. The van der Waals surface area contributed by atoms with E-state index in [-0.39, 0.29) is 16.6 Å². The van der Waals surface area contributed by atoms with Gasteiger partial charge in [-0.2, -0.15) is 5.10 Å². The lowest BCUT2D eigenvalue weighted by Crippen LogP contribution is -2.45. The summed E-state index contributed by atoms with van der Waals surface area (Å²) in [4.78, 5) is 14.7. The van der Waals surface area contributed by atoms with Gasteiger partial charge in [-0.1, -0.05) is 48.0 Å². The first-order chi connectivity index (χ1) is 14.4. The van der Waals surface area contributed by atoms with Crippen LogP contribution in [0.15, 0.2) is 63.0 Å². The molecule has 1 aromatic carbocycles. The minimum atomic E-state index is -3.49. The smallest absolute Gasteiger partial charge is 0.287 e. The van der Waals surface area contributed by atoms with Crippen LogP contribution in [0, 0.1) is 0 Å². The Morgan fingerprint density at radius 3 is 2.53 bits per heavy atom. The fraction of sp³-hybridized carbons (Fsp3) is 0.300. The van der Waals surface area contributed by atoms with Crippen LogP contribution < -0.4 is 15.2 Å². The van der Waals surface area contributed by atoms with Gasteiger partial charge in [0, 0.05) is 19.1 Å². The van der Waals surface area contributed by atoms with E-state index in [0.29, 0.717) is 42.4 Å². The zero-order valence-electron chi connectivity index (χ0n) is 16.1. The molecule has 3 aromatic rings. The standard InChI is InChI=1S/C20H21ClN4O3S2/c21-19-17(13-22-25(20(19)26)14-15-5-2-1-3-6-15)24-10-8-16(9-11-24)23-30(27,28)18-7-4-12-29-18/h1-7,12-13,16,23H,8-11,14H2. The second-order valence-electron chi connectivity index (χ2n) is 7.11. The Bertz CT molecular complexity index is 1160. The molecule has 2 aromatic heterocycles. The first kappa shape index (κ1) is 21.0. The third-order valence-electron chi connectivity index (χ3n) is 5.06. The minimum absolute atomic E-state index is 0.138. The number of aromatic nitrogens is 2. The number of nitrogens with zero attached hydrogens (tertiary/aromatic N) is 3. The van der Waals surface area contributed by atoms with Crippen LogP contribution in [0.4, 0.5) is 5.69 Å². The predicted molar refractivity (Wildman–Crippen MR) is 119 cm³/mol. The van der Waals surface area contributed by atoms with Crippen molar-refractivity contribution >= 4 is 38.6 Å². The molecule has 7 nitrogen and oxygen atoms in total. The van der Waals surface area contributed by atoms with Gasteiger partial charge in [-0.05, 0) is 29.9 Å². The number of sulfonamides is 1. The zero-order valence-corrected chi connectivity index (χ0v) is 18.5. The van der Waals surface area contributed by atoms with E-state index in [1.165, 1.54) is 16.0 Å². The van der Waals surface area contributed by atoms with E-state index < -0.39 is 10.0 Å². The van der Waals surface area contributed by atoms with Crippen molar-refractivity contribution in [2.24, 2.45) is 0 Å². The second kappa shape index (κ2) is 8.89. The molecule has 0 bridgehead atoms. The molecule has 0 amide bonds. The third-order valence-corrected chi connectivity index (χ3v) is 8.33. The molecule has 0 unspecified atom stereocenters. The van der Waals surface area contributed by atoms with E-state index in [0.717, 1.165) is 5.56 Å². The Morgan fingerprint density at radius 2 is 1.87 bits per heavy atom. The highest BCUT2D eigenvalue weighted by Gasteiger charge is 2.27. The monoisotopic (exact) mass is 464 g/mol. The third kappa shape index (κ3) is 4.59. The SMILES string of the molecule is O=c1c(Cl)c(N2CCC(NS(=O)(=O)c3cccs3)CC2)cnn1Cc1ccccc1. The van der Waals surface area contributed by atoms with Gasteiger partial charge in [-0.15, -0.1) is 11.3 Å². The number of halogens is 1. The van der Waals surface area contributed by atoms with Gasteiger partial charge in [0.2, 0.25) is 10.0 Å². The summed E-state index contributed by atoms with van der Waals surface area (Å²) in [6.07, 6.45) is 2.85. The molecule has 3 heterocycles. The molecule has 0 saturated carbocycles. The van der Waals surface area contributed by atoms with Gasteiger partial charge in [0.05, 0.1) is 18.4 Å². The number of hydrogen-bond donors (Lipinski definition) is 1. The van der Waals surface area contributed by atoms with E-state index in [2.05, 4.69) is 9.82 Å². The largest absolute Gasteiger partial charge is 0.369 e. The van der Waals surface area contributed by atoms with Crippen molar-refractivity contribution in [2.45, 2.75) is 29.6 Å². The number of hydrogen-bond acceptors (Lipinski definition) is 6. The summed E-state index contributed by atoms with van der Waals surface area (Å²) in [5, 5.41) is 6.17. The Balaban J connectivity index is 1.42. The van der Waals surface area contributed by atoms with Gasteiger partial charge in [-0.3, -0.25) is 4.79 Å². The van der Waals surface area contributed by atoms with Crippen LogP contribution in [-0.2, 0) is 16.6 Å². The fourth-order valence-corrected chi connectivity index (χ4v) is 6.06. The van der Waals surface area contributed by atoms with Gasteiger partial charge in [0.1, 0.15) is 9.23 Å². The molecular formula is C20H21ClN4O3S2. The molecule has 10 heteroatoms. The molecule has 0 aliphatic carbocycles. The van der Waals surface area contributed by atoms with E-state index in [1.54, 1.807) is 23.7 Å². The first-order valence-corrected chi connectivity index (χ1v) is 12.3. The Kier molecular flexibility index (Phi) is 6.24. The number of anilines is 1. The number of piperidine rings is 1. The number of thiophene rings is 1. The highest BCUT2D eigenvalue weighted by molar-refractivity contribution is 7.91. The summed E-state index contributed by atoms with van der Waals surface area (Å²) in [7, 11) is -3.49. The van der Waals surface area contributed by atoms with Crippen molar-refractivity contribution in [3.63, 3.8) is 0 Å². The summed E-state index contributed by atoms with van der Waals surface area (Å²) < 4.78 is 29.3. The molecule has 4 rings (SSSR count). The van der Waals surface area contributed by atoms with E-state index >= 15 is 0 Å². The average molecular weight is 465 g/mol. The highest BCUT2D eigenvalue weighted by atomic mass is 35.5. The summed E-state index contributed by atoms with van der Waals surface area (Å²) >= 11 is 7.58. The Labute approximate surface area is 184 Å². The van der Waals surface area contributed by atoms with Crippen LogP contribution in [0.1, 0.15) is 18.4 Å². The average Bonchev–Trinajstić information content (AvgIpc) is 3.29. The van der Waals surface area contributed by atoms with Crippen LogP contribution in [-0.4, -0.2) is 37.3 Å². The number of benzene rings is 1. The Hall–Kier alpha value is -2.20. The topological polar surface area (TPSA) is 84.3 Å². The molecule has 158 valence electrons. The minimum Gasteiger partial charge on any atom is -0.369 e. The van der Waals surface area contributed by atoms with Crippen LogP contribution in [0.2, 0.25) is 5.02 Å². The number of rotatable bonds is 6. The molecule has 1 N–H and O–H groups in total. The molecular weight excluding hydrogens is 444 g/mol. The Morgan fingerprint density at radius 1 is 1.13 bits per heavy atom. The van der Waals surface area contributed by atoms with Crippen molar-refractivity contribution < 1.29 is 8.42 Å². The lowest BCUT2D eigenvalue weighted by atomic mass is 10.1. The van der Waals surface area contributed by atoms with Crippen LogP contribution in [0.3, 0.4) is 0 Å². The first-order valence-electron chi connectivity index (χ1n) is 9.54. The fourth-order valence-electron chi connectivity index (χ4n) is 3.48. The molecule has 0 radical (unpaired) electrons. The van der Waals surface area contributed by atoms with Crippen molar-refractivity contribution in [2.75, 3.05) is 18.0 Å². The second-order valence-corrected chi connectivity index (χ2v) is 10.4. The summed E-state index contributed by atoms with van der Waals surface area (Å²) in [5.74, 6) is 0. The molecule has 1 aliphatic heterocycles. The zero-order chi connectivity index (χ0) is 21.1. The maximum Gasteiger partial charge on any atom is 0.287 e. The van der Waals surface area contributed by atoms with Crippen molar-refractivity contribution in [1.29, 1.82) is 0 Å². The van der Waals surface area contributed by atoms with Gasteiger partial charge < -0.3 is 4.90 Å². The van der Waals surface area contributed by atoms with E-state index in [4.69, 9.17) is 11.6 Å². The number of nitrogens with one attached hydrogen (secondary N) is 1. The van der Waals surface area contributed by atoms with Gasteiger partial charge in [0.25, 0.3) is 5.56 Å². The van der Waals surface area contributed by atoms with Gasteiger partial charge in [0.15, 0.2) is 0 Å². The lowest BCUT2D eigenvalue weighted by Gasteiger charge is -2.33. The van der Waals surface area contributed by atoms with Crippen LogP contribution >= 0.6 is 22.9 Å². The van der Waals surface area contributed by atoms with Gasteiger partial charge in [-0.25, -0.2) is 17.8 Å². The lowest BCUT2D eigenvalue weighted by molar-refractivity contribution is 0.459. The molecule has 0 atom stereocenters. The van der Waals surface area contributed by atoms with Gasteiger partial charge >= 0.3 is 0 Å². The highest BCUT2D eigenvalue weighted by Crippen LogP contribution is 2.26. The molecule has 1 saturated heterocycles. The van der Waals surface area contributed by atoms with Crippen molar-refractivity contribution in [3.05, 3.63) is 75.0 Å². The maximum absolute atomic E-state index is 12.7. The predicted octanol–water partition coefficient (Wildman–Crippen LogP) is 2.95. The quantitative estimate of drug-likeness (QED) is 0.606. The van der Waals surface area contributed by atoms with Crippen molar-refractivity contribution in [1.82, 2.24) is 14.5 Å². The molecule has 30 heavy (non-hydrogen) atoms. The normalized spacial score (nSPS) is 15.4. The van der Waals surface area contributed by atoms with Crippen molar-refractivity contribution in [3.8, 4) is 0 Å².